The second-order valence-corrected chi connectivity index (χ2v) is 4.75. The van der Waals surface area contributed by atoms with Gasteiger partial charge in [0.15, 0.2) is 0 Å². The van der Waals surface area contributed by atoms with E-state index >= 15 is 0 Å². The molecule has 1 aromatic heterocycles. The van der Waals surface area contributed by atoms with Gasteiger partial charge in [-0.25, -0.2) is 0 Å². The molecule has 0 unspecified atom stereocenters. The lowest BCUT2D eigenvalue weighted by molar-refractivity contribution is 0.302. The van der Waals surface area contributed by atoms with E-state index < -0.39 is 0 Å². The number of aromatic nitrogens is 1. The van der Waals surface area contributed by atoms with Gasteiger partial charge in [-0.1, -0.05) is 29.8 Å². The molecule has 0 bridgehead atoms. The van der Waals surface area contributed by atoms with Crippen molar-refractivity contribution in [3.8, 4) is 5.75 Å². The molecule has 0 saturated carbocycles. The van der Waals surface area contributed by atoms with Crippen LogP contribution in [0.2, 0.25) is 5.02 Å². The largest absolute Gasteiger partial charge is 0.488 e. The zero-order valence-electron chi connectivity index (χ0n) is 11.1. The van der Waals surface area contributed by atoms with Crippen molar-refractivity contribution in [2.45, 2.75) is 20.1 Å². The highest BCUT2D eigenvalue weighted by Gasteiger charge is 2.06. The molecule has 2 aromatic rings. The van der Waals surface area contributed by atoms with Crippen LogP contribution in [0.1, 0.15) is 16.8 Å². The SMILES string of the molecule is CNCc1cnc(C)cc1OCc1ccccc1Cl. The minimum atomic E-state index is 0.458. The van der Waals surface area contributed by atoms with Crippen LogP contribution in [-0.4, -0.2) is 12.0 Å². The summed E-state index contributed by atoms with van der Waals surface area (Å²) in [4.78, 5) is 4.28. The predicted octanol–water partition coefficient (Wildman–Crippen LogP) is 3.34. The van der Waals surface area contributed by atoms with E-state index in [4.69, 9.17) is 16.3 Å². The van der Waals surface area contributed by atoms with Gasteiger partial charge in [-0.15, -0.1) is 0 Å². The van der Waals surface area contributed by atoms with Gasteiger partial charge >= 0.3 is 0 Å². The monoisotopic (exact) mass is 276 g/mol. The summed E-state index contributed by atoms with van der Waals surface area (Å²) in [6, 6.07) is 9.65. The Balaban J connectivity index is 2.14. The lowest BCUT2D eigenvalue weighted by Gasteiger charge is -2.12. The predicted molar refractivity (Wildman–Crippen MR) is 77.5 cm³/mol. The van der Waals surface area contributed by atoms with Gasteiger partial charge in [0.05, 0.1) is 0 Å². The Labute approximate surface area is 118 Å². The first-order valence-corrected chi connectivity index (χ1v) is 6.55. The molecule has 19 heavy (non-hydrogen) atoms. The molecule has 100 valence electrons. The third-order valence-electron chi connectivity index (χ3n) is 2.79. The van der Waals surface area contributed by atoms with E-state index in [0.29, 0.717) is 6.61 Å². The molecule has 0 amide bonds. The number of hydrogen-bond donors (Lipinski definition) is 1. The average molecular weight is 277 g/mol. The Kier molecular flexibility index (Phi) is 4.77. The zero-order valence-corrected chi connectivity index (χ0v) is 11.9. The van der Waals surface area contributed by atoms with Crippen molar-refractivity contribution in [1.29, 1.82) is 0 Å². The molecule has 0 aliphatic heterocycles. The van der Waals surface area contributed by atoms with Gasteiger partial charge in [-0.2, -0.15) is 0 Å². The van der Waals surface area contributed by atoms with Crippen molar-refractivity contribution >= 4 is 11.6 Å². The number of rotatable bonds is 5. The van der Waals surface area contributed by atoms with Gasteiger partial charge in [0, 0.05) is 40.7 Å². The summed E-state index contributed by atoms with van der Waals surface area (Å²) in [6.45, 7) is 3.14. The quantitative estimate of drug-likeness (QED) is 0.909. The Morgan fingerprint density at radius 1 is 1.26 bits per heavy atom. The summed E-state index contributed by atoms with van der Waals surface area (Å²) in [5.74, 6) is 0.849. The van der Waals surface area contributed by atoms with E-state index in [0.717, 1.165) is 34.1 Å². The summed E-state index contributed by atoms with van der Waals surface area (Å²) in [5.41, 5.74) is 2.96. The van der Waals surface area contributed by atoms with Crippen LogP contribution in [0.15, 0.2) is 36.5 Å². The van der Waals surface area contributed by atoms with Crippen LogP contribution in [0.5, 0.6) is 5.75 Å². The molecule has 0 spiro atoms. The summed E-state index contributed by atoms with van der Waals surface area (Å²) in [7, 11) is 1.90. The second-order valence-electron chi connectivity index (χ2n) is 4.34. The molecule has 0 aliphatic carbocycles. The number of nitrogens with zero attached hydrogens (tertiary/aromatic N) is 1. The molecule has 0 saturated heterocycles. The molecule has 1 N–H and O–H groups in total. The molecular formula is C15H17ClN2O. The lowest BCUT2D eigenvalue weighted by Crippen LogP contribution is -2.08. The van der Waals surface area contributed by atoms with Crippen molar-refractivity contribution in [2.75, 3.05) is 7.05 Å². The zero-order chi connectivity index (χ0) is 13.7. The maximum atomic E-state index is 6.12. The smallest absolute Gasteiger partial charge is 0.127 e. The van der Waals surface area contributed by atoms with Gasteiger partial charge in [0.25, 0.3) is 0 Å². The number of nitrogens with one attached hydrogen (secondary N) is 1. The van der Waals surface area contributed by atoms with E-state index in [1.165, 1.54) is 0 Å². The molecule has 0 atom stereocenters. The fraction of sp³-hybridized carbons (Fsp3) is 0.267. The number of halogens is 1. The van der Waals surface area contributed by atoms with Crippen LogP contribution >= 0.6 is 11.6 Å². The molecule has 1 aromatic carbocycles. The highest BCUT2D eigenvalue weighted by Crippen LogP contribution is 2.22. The topological polar surface area (TPSA) is 34.2 Å². The number of ether oxygens (including phenoxy) is 1. The molecule has 4 heteroatoms. The minimum Gasteiger partial charge on any atom is -0.488 e. The lowest BCUT2D eigenvalue weighted by atomic mass is 10.2. The first-order chi connectivity index (χ1) is 9.20. The molecule has 3 nitrogen and oxygen atoms in total. The van der Waals surface area contributed by atoms with Crippen molar-refractivity contribution < 1.29 is 4.74 Å². The molecule has 1 heterocycles. The van der Waals surface area contributed by atoms with Gasteiger partial charge in [0.1, 0.15) is 12.4 Å². The summed E-state index contributed by atoms with van der Waals surface area (Å²) in [6.07, 6.45) is 1.84. The fourth-order valence-electron chi connectivity index (χ4n) is 1.79. The van der Waals surface area contributed by atoms with Crippen molar-refractivity contribution in [3.63, 3.8) is 0 Å². The number of benzene rings is 1. The summed E-state index contributed by atoms with van der Waals surface area (Å²) >= 11 is 6.12. The van der Waals surface area contributed by atoms with Crippen molar-refractivity contribution in [1.82, 2.24) is 10.3 Å². The third-order valence-corrected chi connectivity index (χ3v) is 3.16. The molecular weight excluding hydrogens is 260 g/mol. The maximum absolute atomic E-state index is 6.12. The van der Waals surface area contributed by atoms with Crippen molar-refractivity contribution in [3.05, 3.63) is 58.4 Å². The molecule has 0 aliphatic rings. The summed E-state index contributed by atoms with van der Waals surface area (Å²) < 4.78 is 5.87. The van der Waals surface area contributed by atoms with Crippen LogP contribution in [0.3, 0.4) is 0 Å². The van der Waals surface area contributed by atoms with E-state index in [1.807, 2.05) is 50.5 Å². The Hall–Kier alpha value is -1.58. The average Bonchev–Trinajstić information content (AvgIpc) is 2.41. The van der Waals surface area contributed by atoms with Crippen molar-refractivity contribution in [2.24, 2.45) is 0 Å². The number of pyridine rings is 1. The Morgan fingerprint density at radius 2 is 2.05 bits per heavy atom. The molecule has 2 rings (SSSR count). The Bertz CT molecular complexity index is 558. The van der Waals surface area contributed by atoms with Gasteiger partial charge < -0.3 is 10.1 Å². The third kappa shape index (κ3) is 3.69. The summed E-state index contributed by atoms with van der Waals surface area (Å²) in [5, 5.41) is 3.83. The van der Waals surface area contributed by atoms with E-state index in [9.17, 15) is 0 Å². The van der Waals surface area contributed by atoms with Gasteiger partial charge in [0.2, 0.25) is 0 Å². The van der Waals surface area contributed by atoms with Gasteiger partial charge in [-0.05, 0) is 20.0 Å². The van der Waals surface area contributed by atoms with Crippen LogP contribution in [0.25, 0.3) is 0 Å². The maximum Gasteiger partial charge on any atom is 0.127 e. The minimum absolute atomic E-state index is 0.458. The van der Waals surface area contributed by atoms with Gasteiger partial charge in [-0.3, -0.25) is 4.98 Å². The van der Waals surface area contributed by atoms with E-state index in [2.05, 4.69) is 10.3 Å². The Morgan fingerprint density at radius 3 is 2.79 bits per heavy atom. The second kappa shape index (κ2) is 6.55. The van der Waals surface area contributed by atoms with Crippen LogP contribution in [0.4, 0.5) is 0 Å². The first-order valence-electron chi connectivity index (χ1n) is 6.17. The highest BCUT2D eigenvalue weighted by molar-refractivity contribution is 6.31. The molecule has 0 fully saturated rings. The number of hydrogen-bond acceptors (Lipinski definition) is 3. The molecule has 0 radical (unpaired) electrons. The number of aryl methyl sites for hydroxylation is 1. The highest BCUT2D eigenvalue weighted by atomic mass is 35.5. The van der Waals surface area contributed by atoms with Crippen LogP contribution in [0, 0.1) is 6.92 Å². The van der Waals surface area contributed by atoms with Crippen LogP contribution in [-0.2, 0) is 13.2 Å². The normalized spacial score (nSPS) is 10.5. The standard InChI is InChI=1S/C15H17ClN2O/c1-11-7-15(13(8-17-2)9-18-11)19-10-12-5-3-4-6-14(12)16/h3-7,9,17H,8,10H2,1-2H3. The van der Waals surface area contributed by atoms with E-state index in [1.54, 1.807) is 0 Å². The fourth-order valence-corrected chi connectivity index (χ4v) is 1.98. The van der Waals surface area contributed by atoms with E-state index in [-0.39, 0.29) is 0 Å². The first kappa shape index (κ1) is 13.8. The van der Waals surface area contributed by atoms with Crippen LogP contribution < -0.4 is 10.1 Å².